The van der Waals surface area contributed by atoms with Crippen molar-refractivity contribution in [3.8, 4) is 0 Å². The van der Waals surface area contributed by atoms with Gasteiger partial charge < -0.3 is 9.64 Å². The number of hydrogen-bond acceptors (Lipinski definition) is 4. The number of hydrogen-bond donors (Lipinski definition) is 0. The summed E-state index contributed by atoms with van der Waals surface area (Å²) >= 11 is 1.72. The average Bonchev–Trinajstić information content (AvgIpc) is 3.29. The third-order valence-electron chi connectivity index (χ3n) is 5.12. The van der Waals surface area contributed by atoms with Crippen molar-refractivity contribution in [1.29, 1.82) is 0 Å². The van der Waals surface area contributed by atoms with E-state index in [0.717, 1.165) is 38.1 Å². The molecule has 1 heterocycles. The molecule has 2 fully saturated rings. The first-order chi connectivity index (χ1) is 11.1. The van der Waals surface area contributed by atoms with E-state index in [1.165, 1.54) is 12.0 Å². The van der Waals surface area contributed by atoms with Crippen LogP contribution < -0.4 is 0 Å². The van der Waals surface area contributed by atoms with Crippen molar-refractivity contribution in [3.05, 3.63) is 30.3 Å². The zero-order valence-corrected chi connectivity index (χ0v) is 14.3. The standard InChI is InChI=1S/C18H23NO3S/c1-22-17(21)15-13-18(15)8-10-19(11-9-18)16(20)7-12-23-14-5-3-2-4-6-14/h2-6,15H,7-13H2,1H3/t15-/m0/s1. The van der Waals surface area contributed by atoms with Crippen LogP contribution in [-0.2, 0) is 14.3 Å². The Hall–Kier alpha value is -1.49. The second kappa shape index (κ2) is 6.95. The number of amides is 1. The van der Waals surface area contributed by atoms with E-state index in [9.17, 15) is 9.59 Å². The normalized spacial score (nSPS) is 22.0. The first kappa shape index (κ1) is 16.4. The van der Waals surface area contributed by atoms with Crippen LogP contribution in [0, 0.1) is 11.3 Å². The summed E-state index contributed by atoms with van der Waals surface area (Å²) in [5, 5.41) is 0. The van der Waals surface area contributed by atoms with Gasteiger partial charge in [0.25, 0.3) is 0 Å². The van der Waals surface area contributed by atoms with Crippen molar-refractivity contribution in [3.63, 3.8) is 0 Å². The fourth-order valence-electron chi connectivity index (χ4n) is 3.51. The number of likely N-dealkylation sites (tertiary alicyclic amines) is 1. The van der Waals surface area contributed by atoms with E-state index in [0.29, 0.717) is 6.42 Å². The van der Waals surface area contributed by atoms with Gasteiger partial charge in [-0.2, -0.15) is 0 Å². The number of carbonyl (C=O) groups excluding carboxylic acids is 2. The van der Waals surface area contributed by atoms with Crippen LogP contribution in [0.1, 0.15) is 25.7 Å². The lowest BCUT2D eigenvalue weighted by atomic mass is 9.90. The molecule has 1 spiro atoms. The average molecular weight is 333 g/mol. The van der Waals surface area contributed by atoms with Crippen LogP contribution in [0.25, 0.3) is 0 Å². The Morgan fingerprint density at radius 1 is 1.26 bits per heavy atom. The number of esters is 1. The monoisotopic (exact) mass is 333 g/mol. The molecule has 1 amide bonds. The Labute approximate surface area is 141 Å². The molecule has 1 saturated carbocycles. The van der Waals surface area contributed by atoms with Crippen LogP contribution in [0.2, 0.25) is 0 Å². The third-order valence-corrected chi connectivity index (χ3v) is 6.13. The van der Waals surface area contributed by atoms with Gasteiger partial charge in [0.2, 0.25) is 5.91 Å². The Balaban J connectivity index is 1.40. The van der Waals surface area contributed by atoms with Gasteiger partial charge >= 0.3 is 5.97 Å². The van der Waals surface area contributed by atoms with E-state index in [2.05, 4.69) is 12.1 Å². The van der Waals surface area contributed by atoms with Crippen LogP contribution in [-0.4, -0.2) is 42.7 Å². The van der Waals surface area contributed by atoms with Gasteiger partial charge in [-0.25, -0.2) is 0 Å². The lowest BCUT2D eigenvalue weighted by Crippen LogP contribution is -2.40. The number of thioether (sulfide) groups is 1. The predicted octanol–water partition coefficient (Wildman–Crippen LogP) is 2.97. The lowest BCUT2D eigenvalue weighted by Gasteiger charge is -2.32. The summed E-state index contributed by atoms with van der Waals surface area (Å²) in [4.78, 5) is 27.1. The van der Waals surface area contributed by atoms with Gasteiger partial charge in [-0.3, -0.25) is 9.59 Å². The molecule has 1 saturated heterocycles. The summed E-state index contributed by atoms with van der Waals surface area (Å²) in [6.07, 6.45) is 3.38. The van der Waals surface area contributed by atoms with E-state index < -0.39 is 0 Å². The number of carbonyl (C=O) groups is 2. The fourth-order valence-corrected chi connectivity index (χ4v) is 4.37. The van der Waals surface area contributed by atoms with Crippen LogP contribution in [0.4, 0.5) is 0 Å². The molecular formula is C18H23NO3S. The highest BCUT2D eigenvalue weighted by molar-refractivity contribution is 7.99. The molecule has 0 bridgehead atoms. The van der Waals surface area contributed by atoms with Crippen molar-refractivity contribution < 1.29 is 14.3 Å². The summed E-state index contributed by atoms with van der Waals surface area (Å²) in [7, 11) is 1.46. The van der Waals surface area contributed by atoms with Crippen molar-refractivity contribution in [2.24, 2.45) is 11.3 Å². The van der Waals surface area contributed by atoms with Crippen LogP contribution >= 0.6 is 11.8 Å². The number of piperidine rings is 1. The van der Waals surface area contributed by atoms with E-state index >= 15 is 0 Å². The van der Waals surface area contributed by atoms with Crippen molar-refractivity contribution >= 4 is 23.6 Å². The maximum atomic E-state index is 12.3. The minimum absolute atomic E-state index is 0.0680. The van der Waals surface area contributed by atoms with Crippen molar-refractivity contribution in [2.75, 3.05) is 26.0 Å². The van der Waals surface area contributed by atoms with E-state index in [1.807, 2.05) is 23.1 Å². The second-order valence-electron chi connectivity index (χ2n) is 6.43. The van der Waals surface area contributed by atoms with Crippen LogP contribution in [0.5, 0.6) is 0 Å². The largest absolute Gasteiger partial charge is 0.469 e. The molecule has 5 heteroatoms. The molecule has 0 N–H and O–H groups in total. The van der Waals surface area contributed by atoms with Gasteiger partial charge in [0.05, 0.1) is 13.0 Å². The smallest absolute Gasteiger partial charge is 0.309 e. The van der Waals surface area contributed by atoms with Gasteiger partial charge in [0, 0.05) is 30.2 Å². The highest BCUT2D eigenvalue weighted by Crippen LogP contribution is 2.59. The molecule has 0 aromatic heterocycles. The number of ether oxygens (including phenoxy) is 1. The maximum Gasteiger partial charge on any atom is 0.309 e. The van der Waals surface area contributed by atoms with Gasteiger partial charge in [0.15, 0.2) is 0 Å². The molecule has 1 atom stereocenters. The summed E-state index contributed by atoms with van der Waals surface area (Å²) in [5.74, 6) is 1.04. The molecular weight excluding hydrogens is 310 g/mol. The van der Waals surface area contributed by atoms with Crippen molar-refractivity contribution in [2.45, 2.75) is 30.6 Å². The number of methoxy groups -OCH3 is 1. The number of rotatable bonds is 5. The molecule has 1 aliphatic heterocycles. The Bertz CT molecular complexity index is 567. The molecule has 0 unspecified atom stereocenters. The first-order valence-electron chi connectivity index (χ1n) is 8.18. The van der Waals surface area contributed by atoms with E-state index in [4.69, 9.17) is 4.74 Å². The predicted molar refractivity (Wildman–Crippen MR) is 90.2 cm³/mol. The lowest BCUT2D eigenvalue weighted by molar-refractivity contribution is -0.143. The summed E-state index contributed by atoms with van der Waals surface area (Å²) < 4.78 is 4.85. The highest BCUT2D eigenvalue weighted by atomic mass is 32.2. The second-order valence-corrected chi connectivity index (χ2v) is 7.60. The molecule has 1 aromatic rings. The molecule has 0 radical (unpaired) electrons. The first-order valence-corrected chi connectivity index (χ1v) is 9.17. The maximum absolute atomic E-state index is 12.3. The van der Waals surface area contributed by atoms with Crippen LogP contribution in [0.3, 0.4) is 0 Å². The van der Waals surface area contributed by atoms with E-state index in [1.54, 1.807) is 11.8 Å². The van der Waals surface area contributed by atoms with Crippen molar-refractivity contribution in [1.82, 2.24) is 4.90 Å². The molecule has 23 heavy (non-hydrogen) atoms. The number of benzene rings is 1. The summed E-state index contributed by atoms with van der Waals surface area (Å²) in [6, 6.07) is 10.2. The molecule has 2 aliphatic rings. The molecule has 3 rings (SSSR count). The summed E-state index contributed by atoms with van der Waals surface area (Å²) in [5.41, 5.74) is 0.128. The molecule has 1 aromatic carbocycles. The van der Waals surface area contributed by atoms with Crippen LogP contribution in [0.15, 0.2) is 35.2 Å². The Morgan fingerprint density at radius 3 is 2.61 bits per heavy atom. The van der Waals surface area contributed by atoms with Gasteiger partial charge in [0.1, 0.15) is 0 Å². The fraction of sp³-hybridized carbons (Fsp3) is 0.556. The quantitative estimate of drug-likeness (QED) is 0.614. The Kier molecular flexibility index (Phi) is 4.95. The third kappa shape index (κ3) is 3.71. The Morgan fingerprint density at radius 2 is 1.96 bits per heavy atom. The summed E-state index contributed by atoms with van der Waals surface area (Å²) in [6.45, 7) is 1.56. The molecule has 124 valence electrons. The number of nitrogens with zero attached hydrogens (tertiary/aromatic N) is 1. The highest BCUT2D eigenvalue weighted by Gasteiger charge is 2.59. The SMILES string of the molecule is COC(=O)[C@@H]1CC12CCN(C(=O)CCSc1ccccc1)CC2. The zero-order chi connectivity index (χ0) is 16.3. The minimum Gasteiger partial charge on any atom is -0.469 e. The van der Waals surface area contributed by atoms with Gasteiger partial charge in [-0.1, -0.05) is 18.2 Å². The zero-order valence-electron chi connectivity index (χ0n) is 13.5. The van der Waals surface area contributed by atoms with Gasteiger partial charge in [-0.05, 0) is 36.8 Å². The topological polar surface area (TPSA) is 46.6 Å². The minimum atomic E-state index is -0.0796. The van der Waals surface area contributed by atoms with E-state index in [-0.39, 0.29) is 23.2 Å². The van der Waals surface area contributed by atoms with Gasteiger partial charge in [-0.15, -0.1) is 11.8 Å². The molecule has 1 aliphatic carbocycles. The molecule has 4 nitrogen and oxygen atoms in total.